The maximum absolute atomic E-state index is 11.8. The summed E-state index contributed by atoms with van der Waals surface area (Å²) >= 11 is 0. The Kier molecular flexibility index (Phi) is 3.11. The van der Waals surface area contributed by atoms with E-state index in [2.05, 4.69) is 5.10 Å². The molecule has 0 fully saturated rings. The van der Waals surface area contributed by atoms with Gasteiger partial charge in [-0.3, -0.25) is 9.48 Å². The third-order valence-electron chi connectivity index (χ3n) is 1.63. The van der Waals surface area contributed by atoms with Crippen LogP contribution in [0.4, 0.5) is 8.78 Å². The zero-order chi connectivity index (χ0) is 9.84. The van der Waals surface area contributed by atoms with Crippen LogP contribution >= 0.6 is 0 Å². The van der Waals surface area contributed by atoms with Crippen molar-refractivity contribution in [3.8, 4) is 0 Å². The van der Waals surface area contributed by atoms with Gasteiger partial charge < -0.3 is 0 Å². The first kappa shape index (κ1) is 9.83. The fourth-order valence-electron chi connectivity index (χ4n) is 0.949. The van der Waals surface area contributed by atoms with E-state index in [0.717, 1.165) is 0 Å². The minimum atomic E-state index is -2.88. The first-order chi connectivity index (χ1) is 6.13. The van der Waals surface area contributed by atoms with Crippen LogP contribution in [0.5, 0.6) is 0 Å². The van der Waals surface area contributed by atoms with E-state index in [1.165, 1.54) is 6.20 Å². The van der Waals surface area contributed by atoms with Gasteiger partial charge in [-0.15, -0.1) is 0 Å². The van der Waals surface area contributed by atoms with E-state index in [-0.39, 0.29) is 6.42 Å². The van der Waals surface area contributed by atoms with Crippen LogP contribution < -0.4 is 0 Å². The number of ketones is 1. The van der Waals surface area contributed by atoms with Crippen molar-refractivity contribution >= 4 is 5.78 Å². The number of hydrogen-bond donors (Lipinski definition) is 0. The topological polar surface area (TPSA) is 34.9 Å². The van der Waals surface area contributed by atoms with E-state index in [1.807, 2.05) is 6.92 Å². The molecule has 0 unspecified atom stereocenters. The van der Waals surface area contributed by atoms with Gasteiger partial charge in [0.05, 0.1) is 6.20 Å². The Bertz CT molecular complexity index is 296. The van der Waals surface area contributed by atoms with Gasteiger partial charge in [0.1, 0.15) is 0 Å². The molecule has 0 bridgehead atoms. The fourth-order valence-corrected chi connectivity index (χ4v) is 0.949. The first-order valence-corrected chi connectivity index (χ1v) is 3.95. The second kappa shape index (κ2) is 4.11. The number of aryl methyl sites for hydroxylation is 1. The molecule has 0 aliphatic rings. The highest BCUT2D eigenvalue weighted by molar-refractivity contribution is 5.83. The highest BCUT2D eigenvalue weighted by Crippen LogP contribution is 2.04. The van der Waals surface area contributed by atoms with Gasteiger partial charge in [-0.2, -0.15) is 5.10 Å². The highest BCUT2D eigenvalue weighted by Gasteiger charge is 2.16. The zero-order valence-corrected chi connectivity index (χ0v) is 7.20. The van der Waals surface area contributed by atoms with Crippen LogP contribution in [0.3, 0.4) is 0 Å². The maximum Gasteiger partial charge on any atom is 0.296 e. The Morgan fingerprint density at radius 1 is 1.69 bits per heavy atom. The van der Waals surface area contributed by atoms with Crippen LogP contribution in [0.15, 0.2) is 12.4 Å². The molecule has 5 heteroatoms. The molecule has 0 radical (unpaired) electrons. The smallest absolute Gasteiger partial charge is 0.293 e. The molecule has 0 aromatic carbocycles. The summed E-state index contributed by atoms with van der Waals surface area (Å²) in [5.74, 6) is -1.06. The van der Waals surface area contributed by atoms with Crippen molar-refractivity contribution in [1.82, 2.24) is 9.78 Å². The van der Waals surface area contributed by atoms with Gasteiger partial charge in [0, 0.05) is 19.2 Å². The normalized spacial score (nSPS) is 10.8. The van der Waals surface area contributed by atoms with Gasteiger partial charge in [0.2, 0.25) is 5.78 Å². The van der Waals surface area contributed by atoms with E-state index >= 15 is 0 Å². The van der Waals surface area contributed by atoms with Gasteiger partial charge in [-0.1, -0.05) is 0 Å². The summed E-state index contributed by atoms with van der Waals surface area (Å²) in [6.07, 6.45) is -0.0909. The number of rotatable bonds is 4. The Balaban J connectivity index is 2.59. The molecule has 0 atom stereocenters. The summed E-state index contributed by atoms with van der Waals surface area (Å²) < 4.78 is 25.2. The summed E-state index contributed by atoms with van der Waals surface area (Å²) in [4.78, 5) is 10.6. The Labute approximate surface area is 74.4 Å². The molecule has 0 saturated heterocycles. The molecule has 1 aromatic heterocycles. The quantitative estimate of drug-likeness (QED) is 0.713. The van der Waals surface area contributed by atoms with Gasteiger partial charge in [0.25, 0.3) is 6.43 Å². The number of hydrogen-bond acceptors (Lipinski definition) is 2. The molecule has 1 aromatic rings. The molecule has 13 heavy (non-hydrogen) atoms. The number of halogens is 2. The number of Topliss-reactive ketones (excluding diaryl/α,β-unsaturated/α-hetero) is 1. The third-order valence-corrected chi connectivity index (χ3v) is 1.63. The number of alkyl halides is 2. The zero-order valence-electron chi connectivity index (χ0n) is 7.20. The van der Waals surface area contributed by atoms with Crippen molar-refractivity contribution in [2.45, 2.75) is 26.3 Å². The Morgan fingerprint density at radius 3 is 2.85 bits per heavy atom. The summed E-state index contributed by atoms with van der Waals surface area (Å²) in [6.45, 7) is 2.55. The van der Waals surface area contributed by atoms with Crippen molar-refractivity contribution in [2.24, 2.45) is 0 Å². The predicted molar refractivity (Wildman–Crippen MR) is 42.6 cm³/mol. The SMILES string of the molecule is CCn1cc(CC(=O)C(F)F)cn1. The maximum atomic E-state index is 11.8. The molecule has 1 rings (SSSR count). The second-order valence-corrected chi connectivity index (χ2v) is 2.65. The molecular weight excluding hydrogens is 178 g/mol. The fraction of sp³-hybridized carbons (Fsp3) is 0.500. The lowest BCUT2D eigenvalue weighted by Crippen LogP contribution is -2.12. The van der Waals surface area contributed by atoms with E-state index in [4.69, 9.17) is 0 Å². The minimum absolute atomic E-state index is 0.238. The van der Waals surface area contributed by atoms with Crippen molar-refractivity contribution in [1.29, 1.82) is 0 Å². The molecule has 0 spiro atoms. The van der Waals surface area contributed by atoms with Gasteiger partial charge in [-0.05, 0) is 12.5 Å². The largest absolute Gasteiger partial charge is 0.296 e. The molecule has 0 amide bonds. The lowest BCUT2D eigenvalue weighted by Gasteiger charge is -1.95. The lowest BCUT2D eigenvalue weighted by atomic mass is 10.2. The number of aromatic nitrogens is 2. The third kappa shape index (κ3) is 2.61. The van der Waals surface area contributed by atoms with Crippen molar-refractivity contribution < 1.29 is 13.6 Å². The van der Waals surface area contributed by atoms with Crippen LogP contribution in [0.25, 0.3) is 0 Å². The second-order valence-electron chi connectivity index (χ2n) is 2.65. The van der Waals surface area contributed by atoms with Crippen molar-refractivity contribution in [2.75, 3.05) is 0 Å². The van der Waals surface area contributed by atoms with Gasteiger partial charge in [0.15, 0.2) is 0 Å². The number of nitrogens with zero attached hydrogens (tertiary/aromatic N) is 2. The average molecular weight is 188 g/mol. The average Bonchev–Trinajstić information content (AvgIpc) is 2.52. The van der Waals surface area contributed by atoms with E-state index in [9.17, 15) is 13.6 Å². The predicted octanol–water partition coefficient (Wildman–Crippen LogP) is 1.28. The Morgan fingerprint density at radius 2 is 2.38 bits per heavy atom. The van der Waals surface area contributed by atoms with E-state index in [0.29, 0.717) is 12.1 Å². The molecule has 3 nitrogen and oxygen atoms in total. The highest BCUT2D eigenvalue weighted by atomic mass is 19.3. The molecule has 0 N–H and O–H groups in total. The van der Waals surface area contributed by atoms with Crippen molar-refractivity contribution in [3.05, 3.63) is 18.0 Å². The minimum Gasteiger partial charge on any atom is -0.293 e. The molecule has 0 aliphatic carbocycles. The summed E-state index contributed by atoms with van der Waals surface area (Å²) in [6, 6.07) is 0. The van der Waals surface area contributed by atoms with Crippen LogP contribution in [0.1, 0.15) is 12.5 Å². The number of carbonyl (C=O) groups excluding carboxylic acids is 1. The molecule has 72 valence electrons. The molecular formula is C8H10F2N2O. The first-order valence-electron chi connectivity index (χ1n) is 3.95. The summed E-state index contributed by atoms with van der Waals surface area (Å²) in [5.41, 5.74) is 0.534. The van der Waals surface area contributed by atoms with Gasteiger partial charge in [-0.25, -0.2) is 8.78 Å². The summed E-state index contributed by atoms with van der Waals surface area (Å²) in [7, 11) is 0. The summed E-state index contributed by atoms with van der Waals surface area (Å²) in [5, 5.41) is 3.87. The standard InChI is InChI=1S/C8H10F2N2O/c1-2-12-5-6(4-11-12)3-7(13)8(9)10/h4-5,8H,2-3H2,1H3. The molecule has 1 heterocycles. The van der Waals surface area contributed by atoms with Crippen LogP contribution in [-0.4, -0.2) is 22.0 Å². The van der Waals surface area contributed by atoms with E-state index in [1.54, 1.807) is 10.9 Å². The number of carbonyl (C=O) groups is 1. The van der Waals surface area contributed by atoms with Crippen LogP contribution in [0.2, 0.25) is 0 Å². The van der Waals surface area contributed by atoms with Crippen LogP contribution in [-0.2, 0) is 17.8 Å². The molecule has 0 saturated carbocycles. The molecule has 0 aliphatic heterocycles. The van der Waals surface area contributed by atoms with Gasteiger partial charge >= 0.3 is 0 Å². The van der Waals surface area contributed by atoms with Crippen LogP contribution in [0, 0.1) is 0 Å². The van der Waals surface area contributed by atoms with E-state index < -0.39 is 12.2 Å². The Hall–Kier alpha value is -1.26. The monoisotopic (exact) mass is 188 g/mol. The lowest BCUT2D eigenvalue weighted by molar-refractivity contribution is -0.128. The van der Waals surface area contributed by atoms with Crippen molar-refractivity contribution in [3.63, 3.8) is 0 Å².